The Morgan fingerprint density at radius 2 is 2.11 bits per heavy atom. The van der Waals surface area contributed by atoms with Crippen molar-refractivity contribution in [1.82, 2.24) is 4.98 Å². The van der Waals surface area contributed by atoms with E-state index in [0.717, 1.165) is 22.9 Å². The third-order valence-corrected chi connectivity index (χ3v) is 3.58. The number of para-hydroxylation sites is 1. The summed E-state index contributed by atoms with van der Waals surface area (Å²) in [4.78, 5) is 15.2. The molecule has 2 aromatic rings. The van der Waals surface area contributed by atoms with Gasteiger partial charge in [-0.05, 0) is 24.5 Å². The van der Waals surface area contributed by atoms with E-state index in [1.54, 1.807) is 0 Å². The Balaban J connectivity index is 2.16. The van der Waals surface area contributed by atoms with Crippen molar-refractivity contribution < 1.29 is 4.79 Å². The fourth-order valence-corrected chi connectivity index (χ4v) is 2.20. The number of aromatic amines is 1. The molecule has 1 aromatic carbocycles. The first kappa shape index (κ1) is 12.8. The Morgan fingerprint density at radius 3 is 2.83 bits per heavy atom. The third-order valence-electron chi connectivity index (χ3n) is 3.58. The minimum Gasteiger partial charge on any atom is -0.361 e. The Labute approximate surface area is 107 Å². The molecule has 1 aromatic heterocycles. The lowest BCUT2D eigenvalue weighted by Gasteiger charge is -2.14. The Morgan fingerprint density at radius 1 is 1.39 bits per heavy atom. The van der Waals surface area contributed by atoms with Crippen LogP contribution in [0.2, 0.25) is 0 Å². The Bertz CT molecular complexity index is 544. The number of rotatable bonds is 5. The summed E-state index contributed by atoms with van der Waals surface area (Å²) < 4.78 is 0. The fraction of sp³-hybridized carbons (Fsp3) is 0.400. The molecule has 3 N–H and O–H groups in total. The molecule has 0 saturated heterocycles. The van der Waals surface area contributed by atoms with Gasteiger partial charge in [-0.2, -0.15) is 0 Å². The molecule has 0 amide bonds. The first-order chi connectivity index (χ1) is 8.63. The molecule has 3 nitrogen and oxygen atoms in total. The van der Waals surface area contributed by atoms with Gasteiger partial charge >= 0.3 is 0 Å². The molecule has 2 atom stereocenters. The van der Waals surface area contributed by atoms with Crippen molar-refractivity contribution in [1.29, 1.82) is 0 Å². The van der Waals surface area contributed by atoms with E-state index in [9.17, 15) is 4.79 Å². The number of nitrogens with two attached hydrogens (primary N) is 1. The number of nitrogens with one attached hydrogen (secondary N) is 1. The van der Waals surface area contributed by atoms with Crippen LogP contribution < -0.4 is 5.73 Å². The maximum atomic E-state index is 12.0. The summed E-state index contributed by atoms with van der Waals surface area (Å²) in [5.74, 6) is 0.202. The van der Waals surface area contributed by atoms with Crippen molar-refractivity contribution in [2.45, 2.75) is 32.7 Å². The smallest absolute Gasteiger partial charge is 0.152 e. The highest BCUT2D eigenvalue weighted by Gasteiger charge is 2.20. The van der Waals surface area contributed by atoms with Gasteiger partial charge in [0.05, 0.1) is 6.04 Å². The lowest BCUT2D eigenvalue weighted by Crippen LogP contribution is -2.36. The summed E-state index contributed by atoms with van der Waals surface area (Å²) in [5.41, 5.74) is 8.23. The van der Waals surface area contributed by atoms with Gasteiger partial charge in [-0.3, -0.25) is 4.79 Å². The summed E-state index contributed by atoms with van der Waals surface area (Å²) in [6.07, 6.45) is 3.40. The highest BCUT2D eigenvalue weighted by Crippen LogP contribution is 2.19. The molecular weight excluding hydrogens is 224 g/mol. The lowest BCUT2D eigenvalue weighted by atomic mass is 9.93. The van der Waals surface area contributed by atoms with Gasteiger partial charge in [-0.15, -0.1) is 0 Å². The largest absolute Gasteiger partial charge is 0.361 e. The van der Waals surface area contributed by atoms with Gasteiger partial charge < -0.3 is 10.7 Å². The van der Waals surface area contributed by atoms with Crippen molar-refractivity contribution in [3.8, 4) is 0 Å². The molecular formula is C15H20N2O. The first-order valence-electron chi connectivity index (χ1n) is 6.47. The summed E-state index contributed by atoms with van der Waals surface area (Å²) in [7, 11) is 0. The number of benzene rings is 1. The number of aromatic nitrogens is 1. The van der Waals surface area contributed by atoms with Crippen LogP contribution in [0.25, 0.3) is 10.9 Å². The van der Waals surface area contributed by atoms with Gasteiger partial charge in [-0.25, -0.2) is 0 Å². The number of carbonyl (C=O) groups is 1. The molecule has 0 radical (unpaired) electrons. The van der Waals surface area contributed by atoms with E-state index in [0.29, 0.717) is 6.42 Å². The van der Waals surface area contributed by atoms with Gasteiger partial charge in [0.15, 0.2) is 5.78 Å². The highest BCUT2D eigenvalue weighted by molar-refractivity contribution is 5.88. The van der Waals surface area contributed by atoms with E-state index >= 15 is 0 Å². The predicted octanol–water partition coefficient (Wildman–Crippen LogP) is 2.65. The topological polar surface area (TPSA) is 58.9 Å². The van der Waals surface area contributed by atoms with Gasteiger partial charge in [0.1, 0.15) is 0 Å². The summed E-state index contributed by atoms with van der Waals surface area (Å²) in [6, 6.07) is 7.68. The molecule has 18 heavy (non-hydrogen) atoms. The summed E-state index contributed by atoms with van der Waals surface area (Å²) >= 11 is 0. The van der Waals surface area contributed by atoms with Crippen LogP contribution in [0.1, 0.15) is 25.8 Å². The molecule has 1 unspecified atom stereocenters. The maximum Gasteiger partial charge on any atom is 0.152 e. The molecule has 0 aliphatic rings. The van der Waals surface area contributed by atoms with Gasteiger partial charge in [0.2, 0.25) is 0 Å². The van der Waals surface area contributed by atoms with E-state index < -0.39 is 6.04 Å². The standard InChI is InChI=1S/C15H20N2O/c1-3-10(2)15(18)13(16)8-11-9-17-14-7-5-4-6-12(11)14/h4-7,9-10,13,17H,3,8,16H2,1-2H3/t10?,13-/m0/s1. The number of H-pyrrole nitrogens is 1. The van der Waals surface area contributed by atoms with Crippen LogP contribution in [0.4, 0.5) is 0 Å². The number of fused-ring (bicyclic) bond motifs is 1. The van der Waals surface area contributed by atoms with Crippen LogP contribution in [0.5, 0.6) is 0 Å². The molecule has 2 rings (SSSR count). The predicted molar refractivity (Wildman–Crippen MR) is 74.4 cm³/mol. The monoisotopic (exact) mass is 244 g/mol. The summed E-state index contributed by atoms with van der Waals surface area (Å²) in [5, 5.41) is 1.16. The molecule has 1 heterocycles. The Kier molecular flexibility index (Phi) is 3.82. The molecule has 3 heteroatoms. The van der Waals surface area contributed by atoms with Crippen LogP contribution in [-0.2, 0) is 11.2 Å². The van der Waals surface area contributed by atoms with Crippen molar-refractivity contribution in [3.63, 3.8) is 0 Å². The van der Waals surface area contributed by atoms with Crippen LogP contribution >= 0.6 is 0 Å². The number of carbonyl (C=O) groups excluding carboxylic acids is 1. The normalized spacial score (nSPS) is 14.6. The fourth-order valence-electron chi connectivity index (χ4n) is 2.20. The quantitative estimate of drug-likeness (QED) is 0.849. The second kappa shape index (κ2) is 5.36. The van der Waals surface area contributed by atoms with Crippen LogP contribution in [0, 0.1) is 5.92 Å². The minimum atomic E-state index is -0.404. The number of ketones is 1. The number of Topliss-reactive ketones (excluding diaryl/α,β-unsaturated/α-hetero) is 1. The molecule has 0 fully saturated rings. The Hall–Kier alpha value is -1.61. The van der Waals surface area contributed by atoms with Gasteiger partial charge in [-0.1, -0.05) is 32.0 Å². The van der Waals surface area contributed by atoms with E-state index in [-0.39, 0.29) is 11.7 Å². The second-order valence-electron chi connectivity index (χ2n) is 4.88. The molecule has 96 valence electrons. The van der Waals surface area contributed by atoms with Crippen molar-refractivity contribution in [3.05, 3.63) is 36.0 Å². The van der Waals surface area contributed by atoms with Crippen molar-refractivity contribution in [2.24, 2.45) is 11.7 Å². The van der Waals surface area contributed by atoms with Crippen LogP contribution in [0.15, 0.2) is 30.5 Å². The van der Waals surface area contributed by atoms with E-state index in [2.05, 4.69) is 11.1 Å². The maximum absolute atomic E-state index is 12.0. The second-order valence-corrected chi connectivity index (χ2v) is 4.88. The highest BCUT2D eigenvalue weighted by atomic mass is 16.1. The molecule has 0 bridgehead atoms. The van der Waals surface area contributed by atoms with Crippen LogP contribution in [-0.4, -0.2) is 16.8 Å². The van der Waals surface area contributed by atoms with E-state index in [4.69, 9.17) is 5.73 Å². The summed E-state index contributed by atoms with van der Waals surface area (Å²) in [6.45, 7) is 3.96. The van der Waals surface area contributed by atoms with Crippen molar-refractivity contribution in [2.75, 3.05) is 0 Å². The molecule has 0 aliphatic heterocycles. The first-order valence-corrected chi connectivity index (χ1v) is 6.47. The van der Waals surface area contributed by atoms with Gasteiger partial charge in [0, 0.05) is 23.0 Å². The zero-order valence-electron chi connectivity index (χ0n) is 10.9. The lowest BCUT2D eigenvalue weighted by molar-refractivity contribution is -0.123. The third kappa shape index (κ3) is 2.46. The minimum absolute atomic E-state index is 0.0465. The average molecular weight is 244 g/mol. The number of hydrogen-bond acceptors (Lipinski definition) is 2. The van der Waals surface area contributed by atoms with Crippen molar-refractivity contribution >= 4 is 16.7 Å². The van der Waals surface area contributed by atoms with E-state index in [1.165, 1.54) is 0 Å². The zero-order valence-corrected chi connectivity index (χ0v) is 10.9. The van der Waals surface area contributed by atoms with E-state index in [1.807, 2.05) is 38.2 Å². The van der Waals surface area contributed by atoms with Crippen LogP contribution in [0.3, 0.4) is 0 Å². The SMILES string of the molecule is CCC(C)C(=O)[C@@H](N)Cc1c[nH]c2ccccc12. The van der Waals surface area contributed by atoms with Gasteiger partial charge in [0.25, 0.3) is 0 Å². The zero-order chi connectivity index (χ0) is 13.1. The molecule has 0 spiro atoms. The average Bonchev–Trinajstić information content (AvgIpc) is 2.80. The number of hydrogen-bond donors (Lipinski definition) is 2. The molecule has 0 aliphatic carbocycles. The molecule has 0 saturated carbocycles.